The Balaban J connectivity index is 1.44. The molecule has 0 aliphatic carbocycles. The van der Waals surface area contributed by atoms with Crippen molar-refractivity contribution in [1.82, 2.24) is 9.97 Å². The van der Waals surface area contributed by atoms with E-state index in [0.717, 1.165) is 10.2 Å². The molecule has 0 saturated carbocycles. The fourth-order valence-electron chi connectivity index (χ4n) is 3.66. The zero-order chi connectivity index (χ0) is 29.8. The van der Waals surface area contributed by atoms with Crippen molar-refractivity contribution in [1.29, 1.82) is 0 Å². The fourth-order valence-corrected chi connectivity index (χ4v) is 4.05. The van der Waals surface area contributed by atoms with Gasteiger partial charge in [-0.05, 0) is 31.2 Å². The molecule has 1 heterocycles. The fraction of sp³-hybridized carbons (Fsp3) is 0.483. The first kappa shape index (κ1) is 33.6. The number of carbonyl (C=O) groups is 1. The van der Waals surface area contributed by atoms with Crippen molar-refractivity contribution in [2.45, 2.75) is 6.92 Å². The number of amides is 1. The lowest BCUT2D eigenvalue weighted by Gasteiger charge is -2.15. The van der Waals surface area contributed by atoms with E-state index in [4.69, 9.17) is 33.2 Å². The molecule has 12 nitrogen and oxygen atoms in total. The summed E-state index contributed by atoms with van der Waals surface area (Å²) in [6.45, 7) is 7.17. The van der Waals surface area contributed by atoms with Crippen molar-refractivity contribution < 1.29 is 38.0 Å². The molecular weight excluding hydrogens is 612 g/mol. The SMILES string of the molecule is CCOCCOCCOCCOCCOCCOc1cc2ncnc(Nc3cccc(Br)c3)c2cc1NC(=O)COC. The molecule has 2 N–H and O–H groups in total. The van der Waals surface area contributed by atoms with Gasteiger partial charge in [-0.25, -0.2) is 9.97 Å². The molecule has 1 amide bonds. The number of aromatic nitrogens is 2. The van der Waals surface area contributed by atoms with Crippen LogP contribution in [0.4, 0.5) is 17.2 Å². The van der Waals surface area contributed by atoms with Gasteiger partial charge in [0.25, 0.3) is 0 Å². The number of methoxy groups -OCH3 is 1. The second-order valence-electron chi connectivity index (χ2n) is 8.70. The van der Waals surface area contributed by atoms with E-state index < -0.39 is 0 Å². The van der Waals surface area contributed by atoms with E-state index in [2.05, 4.69) is 36.5 Å². The van der Waals surface area contributed by atoms with Crippen LogP contribution in [0.2, 0.25) is 0 Å². The summed E-state index contributed by atoms with van der Waals surface area (Å²) < 4.78 is 39.0. The minimum Gasteiger partial charge on any atom is -0.489 e. The summed E-state index contributed by atoms with van der Waals surface area (Å²) in [5.41, 5.74) is 1.97. The van der Waals surface area contributed by atoms with Crippen LogP contribution in [0.25, 0.3) is 10.9 Å². The summed E-state index contributed by atoms with van der Waals surface area (Å²) in [4.78, 5) is 21.1. The van der Waals surface area contributed by atoms with Crippen molar-refractivity contribution in [2.24, 2.45) is 0 Å². The number of fused-ring (bicyclic) bond motifs is 1. The molecule has 0 fully saturated rings. The van der Waals surface area contributed by atoms with Crippen LogP contribution in [0.3, 0.4) is 0 Å². The maximum absolute atomic E-state index is 12.3. The largest absolute Gasteiger partial charge is 0.489 e. The zero-order valence-corrected chi connectivity index (χ0v) is 25.7. The molecule has 0 saturated heterocycles. The summed E-state index contributed by atoms with van der Waals surface area (Å²) in [7, 11) is 1.46. The van der Waals surface area contributed by atoms with Gasteiger partial charge in [0, 0.05) is 35.3 Å². The number of hydrogen-bond acceptors (Lipinski definition) is 11. The third-order valence-corrected chi connectivity index (χ3v) is 6.04. The van der Waals surface area contributed by atoms with Crippen LogP contribution >= 0.6 is 15.9 Å². The van der Waals surface area contributed by atoms with E-state index in [1.807, 2.05) is 31.2 Å². The average Bonchev–Trinajstić information content (AvgIpc) is 2.97. The van der Waals surface area contributed by atoms with Gasteiger partial charge < -0.3 is 43.8 Å². The molecule has 0 aliphatic heterocycles. The van der Waals surface area contributed by atoms with Crippen LogP contribution in [0.5, 0.6) is 5.75 Å². The number of rotatable bonds is 22. The normalized spacial score (nSPS) is 11.1. The third kappa shape index (κ3) is 12.5. The first-order valence-electron chi connectivity index (χ1n) is 13.7. The minimum absolute atomic E-state index is 0.0949. The summed E-state index contributed by atoms with van der Waals surface area (Å²) in [5.74, 6) is 0.732. The van der Waals surface area contributed by atoms with Crippen molar-refractivity contribution in [3.05, 3.63) is 47.2 Å². The van der Waals surface area contributed by atoms with E-state index in [1.54, 1.807) is 12.1 Å². The second-order valence-corrected chi connectivity index (χ2v) is 9.61. The lowest BCUT2D eigenvalue weighted by atomic mass is 10.2. The molecule has 42 heavy (non-hydrogen) atoms. The molecule has 0 bridgehead atoms. The molecule has 13 heteroatoms. The molecule has 0 aliphatic rings. The second kappa shape index (κ2) is 20.1. The lowest BCUT2D eigenvalue weighted by molar-refractivity contribution is -0.119. The molecule has 230 valence electrons. The number of anilines is 3. The number of nitrogens with one attached hydrogen (secondary N) is 2. The Morgan fingerprint density at radius 3 is 2.10 bits per heavy atom. The van der Waals surface area contributed by atoms with E-state index in [0.29, 0.717) is 94.2 Å². The average molecular weight is 652 g/mol. The van der Waals surface area contributed by atoms with Crippen LogP contribution in [-0.4, -0.2) is 102 Å². The van der Waals surface area contributed by atoms with Crippen LogP contribution in [0, 0.1) is 0 Å². The van der Waals surface area contributed by atoms with Crippen LogP contribution < -0.4 is 15.4 Å². The number of nitrogens with zero attached hydrogens (tertiary/aromatic N) is 2. The molecule has 0 radical (unpaired) electrons. The summed E-state index contributed by atoms with van der Waals surface area (Å²) in [5, 5.41) is 6.86. The summed E-state index contributed by atoms with van der Waals surface area (Å²) >= 11 is 3.48. The number of carbonyl (C=O) groups excluding carboxylic acids is 1. The van der Waals surface area contributed by atoms with Gasteiger partial charge in [0.2, 0.25) is 5.91 Å². The summed E-state index contributed by atoms with van der Waals surface area (Å²) in [6, 6.07) is 11.3. The highest BCUT2D eigenvalue weighted by molar-refractivity contribution is 9.10. The highest BCUT2D eigenvalue weighted by atomic mass is 79.9. The standard InChI is InChI=1S/C29H39BrN4O8/c1-3-37-7-8-38-9-10-39-11-12-40-13-14-41-15-16-42-27-19-25-24(18-26(27)34-28(35)20-36-2)29(32-21-31-25)33-23-6-4-5-22(30)17-23/h4-6,17-19,21H,3,7-16,20H2,1-2H3,(H,34,35)(H,31,32,33). The van der Waals surface area contributed by atoms with E-state index in [1.165, 1.54) is 13.4 Å². The van der Waals surface area contributed by atoms with Gasteiger partial charge in [0.1, 0.15) is 31.1 Å². The number of halogens is 1. The van der Waals surface area contributed by atoms with Crippen molar-refractivity contribution in [3.63, 3.8) is 0 Å². The Kier molecular flexibility index (Phi) is 16.1. The van der Waals surface area contributed by atoms with Gasteiger partial charge in [0.05, 0.1) is 70.7 Å². The van der Waals surface area contributed by atoms with Crippen molar-refractivity contribution >= 4 is 49.9 Å². The Morgan fingerprint density at radius 1 is 0.833 bits per heavy atom. The first-order chi connectivity index (χ1) is 20.6. The monoisotopic (exact) mass is 650 g/mol. The maximum Gasteiger partial charge on any atom is 0.250 e. The van der Waals surface area contributed by atoms with Gasteiger partial charge in [-0.3, -0.25) is 4.79 Å². The lowest BCUT2D eigenvalue weighted by Crippen LogP contribution is -2.18. The molecule has 0 spiro atoms. The van der Waals surface area contributed by atoms with Crippen molar-refractivity contribution in [2.75, 3.05) is 97.0 Å². The van der Waals surface area contributed by atoms with Crippen LogP contribution in [0.15, 0.2) is 47.2 Å². The Bertz CT molecular complexity index is 1220. The molecule has 0 atom stereocenters. The topological polar surface area (TPSA) is 132 Å². The molecule has 0 unspecified atom stereocenters. The Hall–Kier alpha value is -2.91. The minimum atomic E-state index is -0.313. The molecule has 3 aromatic rings. The van der Waals surface area contributed by atoms with Gasteiger partial charge >= 0.3 is 0 Å². The number of benzene rings is 2. The van der Waals surface area contributed by atoms with E-state index in [9.17, 15) is 4.79 Å². The summed E-state index contributed by atoms with van der Waals surface area (Å²) in [6.07, 6.45) is 1.47. The Labute approximate surface area is 254 Å². The molecule has 3 rings (SSSR count). The maximum atomic E-state index is 12.3. The molecular formula is C29H39BrN4O8. The van der Waals surface area contributed by atoms with Crippen LogP contribution in [-0.2, 0) is 33.2 Å². The van der Waals surface area contributed by atoms with Gasteiger partial charge in [0.15, 0.2) is 0 Å². The smallest absolute Gasteiger partial charge is 0.250 e. The molecule has 1 aromatic heterocycles. The Morgan fingerprint density at radius 2 is 1.48 bits per heavy atom. The zero-order valence-electron chi connectivity index (χ0n) is 24.1. The highest BCUT2D eigenvalue weighted by Gasteiger charge is 2.14. The van der Waals surface area contributed by atoms with Crippen molar-refractivity contribution in [3.8, 4) is 5.75 Å². The number of hydrogen-bond donors (Lipinski definition) is 2. The van der Waals surface area contributed by atoms with Gasteiger partial charge in [-0.1, -0.05) is 22.0 Å². The predicted octanol–water partition coefficient (Wildman–Crippen LogP) is 4.20. The first-order valence-corrected chi connectivity index (χ1v) is 14.5. The van der Waals surface area contributed by atoms with E-state index >= 15 is 0 Å². The third-order valence-electron chi connectivity index (χ3n) is 5.55. The van der Waals surface area contributed by atoms with E-state index in [-0.39, 0.29) is 19.1 Å². The highest BCUT2D eigenvalue weighted by Crippen LogP contribution is 2.33. The van der Waals surface area contributed by atoms with Crippen LogP contribution in [0.1, 0.15) is 6.92 Å². The van der Waals surface area contributed by atoms with Gasteiger partial charge in [-0.15, -0.1) is 0 Å². The molecule has 2 aromatic carbocycles. The van der Waals surface area contributed by atoms with Gasteiger partial charge in [-0.2, -0.15) is 0 Å². The predicted molar refractivity (Wildman–Crippen MR) is 163 cm³/mol. The quantitative estimate of drug-likeness (QED) is 0.152. The number of ether oxygens (including phenoxy) is 7.